The molecule has 0 aliphatic rings. The molecule has 5 nitrogen and oxygen atoms in total. The highest BCUT2D eigenvalue weighted by atomic mass is 16.4. The van der Waals surface area contributed by atoms with Crippen molar-refractivity contribution in [1.29, 1.82) is 0 Å². The van der Waals surface area contributed by atoms with Crippen molar-refractivity contribution in [1.82, 2.24) is 10.3 Å². The van der Waals surface area contributed by atoms with Crippen LogP contribution in [0.2, 0.25) is 0 Å². The van der Waals surface area contributed by atoms with Gasteiger partial charge < -0.3 is 10.9 Å². The average Bonchev–Trinajstić information content (AvgIpc) is 2.35. The molecule has 0 aromatic carbocycles. The third-order valence-corrected chi connectivity index (χ3v) is 2.46. The van der Waals surface area contributed by atoms with Crippen LogP contribution >= 0.6 is 0 Å². The lowest BCUT2D eigenvalue weighted by Gasteiger charge is -2.20. The fraction of sp³-hybridized carbons (Fsp3) is 0.455. The molecule has 0 saturated carbocycles. The molecule has 0 aliphatic carbocycles. The molecule has 0 spiro atoms. The number of nitrogens with zero attached hydrogens (tertiary/aromatic N) is 2. The van der Waals surface area contributed by atoms with Crippen LogP contribution in [0.25, 0.3) is 0 Å². The fourth-order valence-electron chi connectivity index (χ4n) is 1.50. The Kier molecular flexibility index (Phi) is 4.72. The molecule has 0 bridgehead atoms. The Morgan fingerprint density at radius 3 is 2.88 bits per heavy atom. The van der Waals surface area contributed by atoms with E-state index in [4.69, 9.17) is 10.9 Å². The molecule has 1 aromatic rings. The summed E-state index contributed by atoms with van der Waals surface area (Å²) in [6, 6.07) is 5.67. The second-order valence-electron chi connectivity index (χ2n) is 3.63. The summed E-state index contributed by atoms with van der Waals surface area (Å²) < 4.78 is 0. The minimum absolute atomic E-state index is 0.0615. The van der Waals surface area contributed by atoms with E-state index in [1.807, 2.05) is 32.0 Å². The molecule has 4 N–H and O–H groups in total. The highest BCUT2D eigenvalue weighted by Gasteiger charge is 2.15. The molecule has 0 amide bonds. The maximum Gasteiger partial charge on any atom is 0.156 e. The van der Waals surface area contributed by atoms with Gasteiger partial charge in [-0.1, -0.05) is 18.1 Å². The van der Waals surface area contributed by atoms with E-state index in [2.05, 4.69) is 15.5 Å². The molecule has 1 rings (SSSR count). The summed E-state index contributed by atoms with van der Waals surface area (Å²) in [7, 11) is 0. The van der Waals surface area contributed by atoms with Gasteiger partial charge >= 0.3 is 0 Å². The molecular formula is C11H18N4O. The van der Waals surface area contributed by atoms with Crippen LogP contribution in [0.15, 0.2) is 29.6 Å². The molecule has 1 unspecified atom stereocenters. The lowest BCUT2D eigenvalue weighted by molar-refractivity contribution is 0.313. The standard InChI is InChI=1S/C11H18N4O/c1-3-9(11(12)15-16)14-8(2)10-6-4-5-7-13-10/h4-9,14,16H,3H2,1-2H3,(H2,12,15)/t8-,9?/m0/s1. The summed E-state index contributed by atoms with van der Waals surface area (Å²) in [5.74, 6) is 0.199. The Labute approximate surface area is 95.4 Å². The zero-order valence-electron chi connectivity index (χ0n) is 9.59. The molecule has 1 heterocycles. The Hall–Kier alpha value is -1.62. The highest BCUT2D eigenvalue weighted by Crippen LogP contribution is 2.09. The first-order valence-electron chi connectivity index (χ1n) is 5.33. The van der Waals surface area contributed by atoms with Crippen molar-refractivity contribution >= 4 is 5.84 Å². The van der Waals surface area contributed by atoms with Crippen molar-refractivity contribution in [3.05, 3.63) is 30.1 Å². The van der Waals surface area contributed by atoms with E-state index in [1.54, 1.807) is 6.20 Å². The van der Waals surface area contributed by atoms with Crippen LogP contribution in [0.1, 0.15) is 32.0 Å². The van der Waals surface area contributed by atoms with Crippen molar-refractivity contribution < 1.29 is 5.21 Å². The van der Waals surface area contributed by atoms with Crippen molar-refractivity contribution in [3.63, 3.8) is 0 Å². The maximum absolute atomic E-state index is 8.63. The van der Waals surface area contributed by atoms with Crippen molar-refractivity contribution in [3.8, 4) is 0 Å². The molecule has 0 saturated heterocycles. The van der Waals surface area contributed by atoms with Gasteiger partial charge in [-0.25, -0.2) is 0 Å². The number of rotatable bonds is 5. The van der Waals surface area contributed by atoms with E-state index in [0.717, 1.165) is 12.1 Å². The van der Waals surface area contributed by atoms with E-state index in [1.165, 1.54) is 0 Å². The monoisotopic (exact) mass is 222 g/mol. The summed E-state index contributed by atoms with van der Waals surface area (Å²) in [6.45, 7) is 3.97. The number of nitrogens with two attached hydrogens (primary N) is 1. The predicted molar refractivity (Wildman–Crippen MR) is 63.3 cm³/mol. The van der Waals surface area contributed by atoms with Gasteiger partial charge in [-0.3, -0.25) is 10.3 Å². The summed E-state index contributed by atoms with van der Waals surface area (Å²) >= 11 is 0. The summed E-state index contributed by atoms with van der Waals surface area (Å²) in [5.41, 5.74) is 6.51. The molecule has 16 heavy (non-hydrogen) atoms. The molecule has 2 atom stereocenters. The van der Waals surface area contributed by atoms with Crippen LogP contribution in [0, 0.1) is 0 Å². The number of hydrogen-bond acceptors (Lipinski definition) is 4. The van der Waals surface area contributed by atoms with Crippen LogP contribution in [-0.2, 0) is 0 Å². The van der Waals surface area contributed by atoms with Crippen LogP contribution < -0.4 is 11.1 Å². The van der Waals surface area contributed by atoms with Crippen LogP contribution in [0.3, 0.4) is 0 Å². The van der Waals surface area contributed by atoms with E-state index < -0.39 is 0 Å². The highest BCUT2D eigenvalue weighted by molar-refractivity contribution is 5.85. The van der Waals surface area contributed by atoms with Gasteiger partial charge in [0.25, 0.3) is 0 Å². The van der Waals surface area contributed by atoms with Crippen LogP contribution in [-0.4, -0.2) is 22.1 Å². The zero-order valence-corrected chi connectivity index (χ0v) is 9.59. The first-order chi connectivity index (χ1) is 7.69. The quantitative estimate of drug-likeness (QED) is 0.303. The van der Waals surface area contributed by atoms with Crippen molar-refractivity contribution in [2.24, 2.45) is 10.9 Å². The summed E-state index contributed by atoms with van der Waals surface area (Å²) in [5, 5.41) is 14.9. The Morgan fingerprint density at radius 2 is 2.38 bits per heavy atom. The van der Waals surface area contributed by atoms with E-state index in [9.17, 15) is 0 Å². The lowest BCUT2D eigenvalue weighted by atomic mass is 10.1. The van der Waals surface area contributed by atoms with E-state index in [-0.39, 0.29) is 17.9 Å². The van der Waals surface area contributed by atoms with Gasteiger partial charge in [-0.05, 0) is 25.5 Å². The van der Waals surface area contributed by atoms with Crippen LogP contribution in [0.4, 0.5) is 0 Å². The molecule has 0 aliphatic heterocycles. The van der Waals surface area contributed by atoms with Gasteiger partial charge in [-0.2, -0.15) is 0 Å². The number of pyridine rings is 1. The minimum Gasteiger partial charge on any atom is -0.409 e. The molecule has 0 fully saturated rings. The second-order valence-corrected chi connectivity index (χ2v) is 3.63. The van der Waals surface area contributed by atoms with E-state index in [0.29, 0.717) is 0 Å². The van der Waals surface area contributed by atoms with E-state index >= 15 is 0 Å². The van der Waals surface area contributed by atoms with Gasteiger partial charge in [0.15, 0.2) is 5.84 Å². The first-order valence-corrected chi connectivity index (χ1v) is 5.33. The Bertz CT molecular complexity index is 339. The largest absolute Gasteiger partial charge is 0.409 e. The smallest absolute Gasteiger partial charge is 0.156 e. The van der Waals surface area contributed by atoms with Gasteiger partial charge in [0.2, 0.25) is 0 Å². The first kappa shape index (κ1) is 12.4. The number of oxime groups is 1. The van der Waals surface area contributed by atoms with Gasteiger partial charge in [-0.15, -0.1) is 0 Å². The average molecular weight is 222 g/mol. The third-order valence-electron chi connectivity index (χ3n) is 2.46. The van der Waals surface area contributed by atoms with Crippen molar-refractivity contribution in [2.75, 3.05) is 0 Å². The number of aromatic nitrogens is 1. The normalized spacial score (nSPS) is 15.8. The van der Waals surface area contributed by atoms with Crippen molar-refractivity contribution in [2.45, 2.75) is 32.4 Å². The van der Waals surface area contributed by atoms with Gasteiger partial charge in [0.05, 0.1) is 11.7 Å². The third kappa shape index (κ3) is 3.20. The lowest BCUT2D eigenvalue weighted by Crippen LogP contribution is -2.42. The Morgan fingerprint density at radius 1 is 1.62 bits per heavy atom. The van der Waals surface area contributed by atoms with Crippen LogP contribution in [0.5, 0.6) is 0 Å². The summed E-state index contributed by atoms with van der Waals surface area (Å²) in [4.78, 5) is 4.25. The number of hydrogen-bond donors (Lipinski definition) is 3. The molecule has 1 aromatic heterocycles. The SMILES string of the molecule is CCC(N[C@@H](C)c1ccccn1)/C(N)=N/O. The molecule has 5 heteroatoms. The number of amidine groups is 1. The topological polar surface area (TPSA) is 83.5 Å². The predicted octanol–water partition coefficient (Wildman–Crippen LogP) is 1.26. The van der Waals surface area contributed by atoms with Gasteiger partial charge in [0.1, 0.15) is 0 Å². The fourth-order valence-corrected chi connectivity index (χ4v) is 1.50. The maximum atomic E-state index is 8.63. The molecule has 0 radical (unpaired) electrons. The number of nitrogens with one attached hydrogen (secondary N) is 1. The zero-order chi connectivity index (χ0) is 12.0. The Balaban J connectivity index is 2.66. The summed E-state index contributed by atoms with van der Waals surface area (Å²) in [6.07, 6.45) is 2.50. The molecule has 88 valence electrons. The molecular weight excluding hydrogens is 204 g/mol. The minimum atomic E-state index is -0.137. The van der Waals surface area contributed by atoms with Gasteiger partial charge in [0, 0.05) is 12.2 Å². The second kappa shape index (κ2) is 6.07.